The molecule has 0 saturated heterocycles. The number of benzene rings is 1. The lowest BCUT2D eigenvalue weighted by Gasteiger charge is -2.20. The van der Waals surface area contributed by atoms with Crippen LogP contribution in [0.5, 0.6) is 0 Å². The van der Waals surface area contributed by atoms with Gasteiger partial charge in [-0.2, -0.15) is 0 Å². The molecule has 25 heavy (non-hydrogen) atoms. The summed E-state index contributed by atoms with van der Waals surface area (Å²) in [5.41, 5.74) is 1.14. The van der Waals surface area contributed by atoms with Crippen molar-refractivity contribution in [3.05, 3.63) is 48.6 Å². The van der Waals surface area contributed by atoms with E-state index in [1.807, 2.05) is 25.1 Å². The number of anilines is 1. The van der Waals surface area contributed by atoms with Crippen molar-refractivity contribution >= 4 is 34.1 Å². The van der Waals surface area contributed by atoms with Crippen LogP contribution >= 0.6 is 23.1 Å². The first-order valence-corrected chi connectivity index (χ1v) is 10.0. The number of aromatic nitrogens is 2. The molecule has 0 fully saturated rings. The maximum Gasteiger partial charge on any atom is 0.233 e. The Morgan fingerprint density at radius 1 is 1.36 bits per heavy atom. The second kappa shape index (κ2) is 10.2. The lowest BCUT2D eigenvalue weighted by atomic mass is 10.0. The Hall–Kier alpha value is -1.86. The zero-order valence-electron chi connectivity index (χ0n) is 14.6. The number of carbonyl (C=O) groups excluding carboxylic acids is 1. The van der Waals surface area contributed by atoms with Crippen molar-refractivity contribution in [2.75, 3.05) is 11.9 Å². The van der Waals surface area contributed by atoms with Crippen molar-refractivity contribution < 1.29 is 4.79 Å². The lowest BCUT2D eigenvalue weighted by molar-refractivity contribution is -0.121. The topological polar surface area (TPSA) is 66.9 Å². The van der Waals surface area contributed by atoms with Crippen LogP contribution in [0.3, 0.4) is 0 Å². The van der Waals surface area contributed by atoms with Gasteiger partial charge in [0.25, 0.3) is 0 Å². The summed E-state index contributed by atoms with van der Waals surface area (Å²) in [5, 5.41) is 15.0. The Morgan fingerprint density at radius 2 is 2.12 bits per heavy atom. The molecule has 1 aromatic carbocycles. The minimum atomic E-state index is -0.233. The molecule has 0 unspecified atom stereocenters. The quantitative estimate of drug-likeness (QED) is 0.479. The summed E-state index contributed by atoms with van der Waals surface area (Å²) in [6.07, 6.45) is 3.69. The second-order valence-corrected chi connectivity index (χ2v) is 8.13. The second-order valence-electron chi connectivity index (χ2n) is 5.56. The molecule has 0 spiro atoms. The number of nitrogens with one attached hydrogen (secondary N) is 2. The third kappa shape index (κ3) is 6.17. The normalized spacial score (nSPS) is 13.0. The van der Waals surface area contributed by atoms with Gasteiger partial charge >= 0.3 is 0 Å². The molecule has 0 radical (unpaired) electrons. The molecule has 0 bridgehead atoms. The fraction of sp³-hybridized carbons (Fsp3) is 0.389. The number of nitrogens with zero attached hydrogens (tertiary/aromatic N) is 2. The number of carbonyl (C=O) groups is 1. The Labute approximate surface area is 157 Å². The molecule has 0 aliphatic carbocycles. The van der Waals surface area contributed by atoms with Crippen LogP contribution in [0.2, 0.25) is 0 Å². The molecule has 2 atom stereocenters. The smallest absolute Gasteiger partial charge is 0.233 e. The number of hydrogen-bond acceptors (Lipinski definition) is 6. The number of thioether (sulfide) groups is 1. The molecule has 2 N–H and O–H groups in total. The van der Waals surface area contributed by atoms with Crippen LogP contribution in [0.1, 0.15) is 38.3 Å². The molecule has 0 aliphatic heterocycles. The molecule has 1 aromatic heterocycles. The first-order valence-electron chi connectivity index (χ1n) is 8.34. The van der Waals surface area contributed by atoms with Crippen molar-refractivity contribution in [2.24, 2.45) is 0 Å². The standard InChI is InChI=1S/C18H24N4OS2/c1-4-9-15(14-10-7-6-8-11-14)20-16(23)13(3)24-18-22-21-17(25-18)19-12-5-2/h5-8,10-11,13,15H,2,4,9,12H2,1,3H3,(H,19,21)(H,20,23)/t13-,15+/m0/s1. The van der Waals surface area contributed by atoms with Crippen molar-refractivity contribution in [2.45, 2.75) is 42.3 Å². The van der Waals surface area contributed by atoms with Gasteiger partial charge < -0.3 is 10.6 Å². The lowest BCUT2D eigenvalue weighted by Crippen LogP contribution is -2.34. The molecule has 7 heteroatoms. The van der Waals surface area contributed by atoms with Crippen molar-refractivity contribution in [1.29, 1.82) is 0 Å². The third-order valence-corrected chi connectivity index (χ3v) is 5.61. The zero-order valence-corrected chi connectivity index (χ0v) is 16.2. The van der Waals surface area contributed by atoms with Crippen LogP contribution in [0.15, 0.2) is 47.3 Å². The van der Waals surface area contributed by atoms with Gasteiger partial charge in [-0.05, 0) is 18.9 Å². The van der Waals surface area contributed by atoms with Crippen LogP contribution < -0.4 is 10.6 Å². The predicted octanol–water partition coefficient (Wildman–Crippen LogP) is 4.27. The summed E-state index contributed by atoms with van der Waals surface area (Å²) in [6, 6.07) is 10.1. The minimum Gasteiger partial charge on any atom is -0.357 e. The van der Waals surface area contributed by atoms with Gasteiger partial charge in [-0.3, -0.25) is 4.79 Å². The molecule has 2 rings (SSSR count). The Morgan fingerprint density at radius 3 is 2.80 bits per heavy atom. The van der Waals surface area contributed by atoms with E-state index in [0.29, 0.717) is 6.54 Å². The van der Waals surface area contributed by atoms with Crippen molar-refractivity contribution in [3.63, 3.8) is 0 Å². The van der Waals surface area contributed by atoms with Gasteiger partial charge in [0.05, 0.1) is 11.3 Å². The highest BCUT2D eigenvalue weighted by Gasteiger charge is 2.21. The van der Waals surface area contributed by atoms with Crippen LogP contribution in [0.4, 0.5) is 5.13 Å². The highest BCUT2D eigenvalue weighted by Crippen LogP contribution is 2.29. The predicted molar refractivity (Wildman–Crippen MR) is 106 cm³/mol. The molecule has 134 valence electrons. The summed E-state index contributed by atoms with van der Waals surface area (Å²) in [6.45, 7) is 8.32. The summed E-state index contributed by atoms with van der Waals surface area (Å²) < 4.78 is 0.779. The van der Waals surface area contributed by atoms with Crippen molar-refractivity contribution in [1.82, 2.24) is 15.5 Å². The van der Waals surface area contributed by atoms with E-state index < -0.39 is 0 Å². The first-order chi connectivity index (χ1) is 12.1. The van der Waals surface area contributed by atoms with Gasteiger partial charge in [0.15, 0.2) is 4.34 Å². The molecule has 1 heterocycles. The molecular weight excluding hydrogens is 352 g/mol. The molecule has 2 aromatic rings. The molecule has 5 nitrogen and oxygen atoms in total. The SMILES string of the molecule is C=CCNc1nnc(S[C@@H](C)C(=O)N[C@H](CCC)c2ccccc2)s1. The third-order valence-electron chi connectivity index (χ3n) is 3.55. The van der Waals surface area contributed by atoms with Gasteiger partial charge in [0.2, 0.25) is 11.0 Å². The van der Waals surface area contributed by atoms with E-state index in [-0.39, 0.29) is 17.2 Å². The van der Waals surface area contributed by atoms with E-state index in [9.17, 15) is 4.79 Å². The Bertz CT molecular complexity index is 675. The molecule has 1 amide bonds. The maximum absolute atomic E-state index is 12.6. The maximum atomic E-state index is 12.6. The van der Waals surface area contributed by atoms with Crippen molar-refractivity contribution in [3.8, 4) is 0 Å². The summed E-state index contributed by atoms with van der Waals surface area (Å²) >= 11 is 2.87. The van der Waals surface area contributed by atoms with E-state index >= 15 is 0 Å². The Kier molecular flexibility index (Phi) is 7.94. The van der Waals surface area contributed by atoms with Gasteiger partial charge in [0, 0.05) is 6.54 Å². The van der Waals surface area contributed by atoms with E-state index in [4.69, 9.17) is 0 Å². The van der Waals surface area contributed by atoms with Crippen LogP contribution in [0, 0.1) is 0 Å². The largest absolute Gasteiger partial charge is 0.357 e. The van der Waals surface area contributed by atoms with Crippen LogP contribution in [0.25, 0.3) is 0 Å². The fourth-order valence-electron chi connectivity index (χ4n) is 2.28. The van der Waals surface area contributed by atoms with E-state index in [1.165, 1.54) is 23.1 Å². The van der Waals surface area contributed by atoms with E-state index in [1.54, 1.807) is 6.08 Å². The fourth-order valence-corrected chi connectivity index (χ4v) is 4.19. The number of rotatable bonds is 10. The van der Waals surface area contributed by atoms with Crippen LogP contribution in [-0.2, 0) is 4.79 Å². The van der Waals surface area contributed by atoms with Gasteiger partial charge in [-0.1, -0.05) is 72.9 Å². The zero-order chi connectivity index (χ0) is 18.1. The first kappa shape index (κ1) is 19.5. The molecule has 0 saturated carbocycles. The summed E-state index contributed by atoms with van der Waals surface area (Å²) in [4.78, 5) is 12.6. The van der Waals surface area contributed by atoms with E-state index in [0.717, 1.165) is 27.9 Å². The highest BCUT2D eigenvalue weighted by molar-refractivity contribution is 8.02. The Balaban J connectivity index is 1.93. The van der Waals surface area contributed by atoms with E-state index in [2.05, 4.69) is 46.5 Å². The monoisotopic (exact) mass is 376 g/mol. The minimum absolute atomic E-state index is 0.0168. The average Bonchev–Trinajstić information content (AvgIpc) is 3.07. The number of hydrogen-bond donors (Lipinski definition) is 2. The van der Waals surface area contributed by atoms with Gasteiger partial charge in [-0.25, -0.2) is 0 Å². The highest BCUT2D eigenvalue weighted by atomic mass is 32.2. The summed E-state index contributed by atoms with van der Waals surface area (Å²) in [7, 11) is 0. The molecular formula is C18H24N4OS2. The summed E-state index contributed by atoms with van der Waals surface area (Å²) in [5.74, 6) is 0.0168. The van der Waals surface area contributed by atoms with Gasteiger partial charge in [-0.15, -0.1) is 16.8 Å². The number of amides is 1. The van der Waals surface area contributed by atoms with Crippen LogP contribution in [-0.4, -0.2) is 27.9 Å². The van der Waals surface area contributed by atoms with Gasteiger partial charge in [0.1, 0.15) is 0 Å². The molecule has 0 aliphatic rings. The average molecular weight is 377 g/mol.